The Kier molecular flexibility index (Phi) is 5.56. The summed E-state index contributed by atoms with van der Waals surface area (Å²) in [7, 11) is 0. The first-order chi connectivity index (χ1) is 9.54. The SMILES string of the molecule is CCNC(c1ccc(F)c(F)c1Br)C1CCCC(C)C1. The second-order valence-electron chi connectivity index (χ2n) is 5.83. The number of halogens is 3. The average molecular weight is 346 g/mol. The highest BCUT2D eigenvalue weighted by Gasteiger charge is 2.29. The fraction of sp³-hybridized carbons (Fsp3) is 0.625. The molecule has 0 radical (unpaired) electrons. The molecule has 1 nitrogen and oxygen atoms in total. The van der Waals surface area contributed by atoms with Crippen LogP contribution >= 0.6 is 15.9 Å². The summed E-state index contributed by atoms with van der Waals surface area (Å²) in [6.07, 6.45) is 4.78. The molecule has 0 heterocycles. The third-order valence-corrected chi connectivity index (χ3v) is 5.08. The molecule has 1 aromatic rings. The molecule has 0 aromatic heterocycles. The number of benzene rings is 1. The summed E-state index contributed by atoms with van der Waals surface area (Å²) >= 11 is 3.23. The minimum Gasteiger partial charge on any atom is -0.310 e. The van der Waals surface area contributed by atoms with E-state index in [9.17, 15) is 8.78 Å². The molecule has 0 amide bonds. The van der Waals surface area contributed by atoms with Crippen molar-refractivity contribution in [3.05, 3.63) is 33.8 Å². The van der Waals surface area contributed by atoms with E-state index in [-0.39, 0.29) is 10.5 Å². The average Bonchev–Trinajstić information content (AvgIpc) is 2.43. The molecule has 3 atom stereocenters. The van der Waals surface area contributed by atoms with Crippen molar-refractivity contribution >= 4 is 15.9 Å². The van der Waals surface area contributed by atoms with E-state index in [0.717, 1.165) is 24.9 Å². The number of nitrogens with one attached hydrogen (secondary N) is 1. The Bertz CT molecular complexity index is 464. The van der Waals surface area contributed by atoms with Gasteiger partial charge in [0.15, 0.2) is 11.6 Å². The molecule has 1 aliphatic carbocycles. The Morgan fingerprint density at radius 3 is 2.75 bits per heavy atom. The molecule has 20 heavy (non-hydrogen) atoms. The molecule has 1 aromatic carbocycles. The quantitative estimate of drug-likeness (QED) is 0.739. The molecule has 0 aliphatic heterocycles. The number of rotatable bonds is 4. The highest BCUT2D eigenvalue weighted by atomic mass is 79.9. The smallest absolute Gasteiger partial charge is 0.173 e. The van der Waals surface area contributed by atoms with Gasteiger partial charge in [0, 0.05) is 6.04 Å². The van der Waals surface area contributed by atoms with Crippen LogP contribution in [0.5, 0.6) is 0 Å². The minimum atomic E-state index is -0.798. The first kappa shape index (κ1) is 15.9. The predicted octanol–water partition coefficient (Wildman–Crippen LogP) is 5.20. The molecular weight excluding hydrogens is 324 g/mol. The lowest BCUT2D eigenvalue weighted by Crippen LogP contribution is -2.31. The Balaban J connectivity index is 2.30. The van der Waals surface area contributed by atoms with Crippen molar-refractivity contribution in [2.45, 2.75) is 45.6 Å². The zero-order chi connectivity index (χ0) is 14.7. The minimum absolute atomic E-state index is 0.0900. The van der Waals surface area contributed by atoms with Gasteiger partial charge in [0.25, 0.3) is 0 Å². The van der Waals surface area contributed by atoms with Crippen molar-refractivity contribution in [1.29, 1.82) is 0 Å². The van der Waals surface area contributed by atoms with Crippen LogP contribution in [-0.4, -0.2) is 6.54 Å². The Labute approximate surface area is 128 Å². The van der Waals surface area contributed by atoms with Crippen molar-refractivity contribution < 1.29 is 8.78 Å². The molecule has 0 saturated heterocycles. The van der Waals surface area contributed by atoms with E-state index in [2.05, 4.69) is 28.2 Å². The van der Waals surface area contributed by atoms with Crippen LogP contribution in [-0.2, 0) is 0 Å². The fourth-order valence-corrected chi connectivity index (χ4v) is 3.88. The fourth-order valence-electron chi connectivity index (χ4n) is 3.32. The van der Waals surface area contributed by atoms with Gasteiger partial charge < -0.3 is 5.32 Å². The van der Waals surface area contributed by atoms with Crippen LogP contribution in [0, 0.1) is 23.5 Å². The molecule has 4 heteroatoms. The van der Waals surface area contributed by atoms with E-state index in [0.29, 0.717) is 11.8 Å². The van der Waals surface area contributed by atoms with E-state index in [1.54, 1.807) is 6.07 Å². The monoisotopic (exact) mass is 345 g/mol. The third-order valence-electron chi connectivity index (χ3n) is 4.27. The topological polar surface area (TPSA) is 12.0 Å². The maximum Gasteiger partial charge on any atom is 0.173 e. The normalized spacial score (nSPS) is 24.6. The van der Waals surface area contributed by atoms with Crippen LogP contribution in [0.25, 0.3) is 0 Å². The zero-order valence-corrected chi connectivity index (χ0v) is 13.6. The van der Waals surface area contributed by atoms with Crippen LogP contribution in [0.1, 0.15) is 51.1 Å². The van der Waals surface area contributed by atoms with Gasteiger partial charge >= 0.3 is 0 Å². The van der Waals surface area contributed by atoms with Crippen molar-refractivity contribution in [2.24, 2.45) is 11.8 Å². The van der Waals surface area contributed by atoms with E-state index in [1.807, 2.05) is 6.92 Å². The van der Waals surface area contributed by atoms with Gasteiger partial charge in [0.05, 0.1) is 4.47 Å². The Hall–Kier alpha value is -0.480. The predicted molar refractivity (Wildman–Crippen MR) is 81.6 cm³/mol. The summed E-state index contributed by atoms with van der Waals surface area (Å²) in [6.45, 7) is 5.14. The highest BCUT2D eigenvalue weighted by Crippen LogP contribution is 2.40. The van der Waals surface area contributed by atoms with E-state index in [1.165, 1.54) is 18.9 Å². The Morgan fingerprint density at radius 1 is 1.35 bits per heavy atom. The first-order valence-corrected chi connectivity index (χ1v) is 8.20. The van der Waals surface area contributed by atoms with Crippen molar-refractivity contribution in [2.75, 3.05) is 6.54 Å². The molecule has 3 unspecified atom stereocenters. The van der Waals surface area contributed by atoms with Crippen molar-refractivity contribution in [3.63, 3.8) is 0 Å². The van der Waals surface area contributed by atoms with Gasteiger partial charge in [0.1, 0.15) is 0 Å². The van der Waals surface area contributed by atoms with Gasteiger partial charge in [0.2, 0.25) is 0 Å². The van der Waals surface area contributed by atoms with Crippen molar-refractivity contribution in [3.8, 4) is 0 Å². The van der Waals surface area contributed by atoms with Gasteiger partial charge in [-0.25, -0.2) is 8.78 Å². The van der Waals surface area contributed by atoms with E-state index < -0.39 is 11.6 Å². The van der Waals surface area contributed by atoms with Gasteiger partial charge in [-0.1, -0.05) is 32.8 Å². The lowest BCUT2D eigenvalue weighted by atomic mass is 9.76. The summed E-state index contributed by atoms with van der Waals surface area (Å²) in [5, 5.41) is 3.46. The second-order valence-corrected chi connectivity index (χ2v) is 6.62. The largest absolute Gasteiger partial charge is 0.310 e. The first-order valence-electron chi connectivity index (χ1n) is 7.41. The third kappa shape index (κ3) is 3.40. The standard InChI is InChI=1S/C16H22BrF2N/c1-3-20-16(11-6-4-5-10(2)9-11)12-7-8-13(18)15(19)14(12)17/h7-8,10-11,16,20H,3-6,9H2,1-2H3. The molecular formula is C16H22BrF2N. The highest BCUT2D eigenvalue weighted by molar-refractivity contribution is 9.10. The molecule has 0 bridgehead atoms. The van der Waals surface area contributed by atoms with Crippen LogP contribution < -0.4 is 5.32 Å². The summed E-state index contributed by atoms with van der Waals surface area (Å²) in [5.41, 5.74) is 0.838. The Morgan fingerprint density at radius 2 is 2.10 bits per heavy atom. The lowest BCUT2D eigenvalue weighted by molar-refractivity contribution is 0.224. The number of hydrogen-bond donors (Lipinski definition) is 1. The lowest BCUT2D eigenvalue weighted by Gasteiger charge is -2.34. The van der Waals surface area contributed by atoms with Gasteiger partial charge in [-0.15, -0.1) is 0 Å². The van der Waals surface area contributed by atoms with Crippen LogP contribution in [0.3, 0.4) is 0 Å². The molecule has 1 N–H and O–H groups in total. The summed E-state index contributed by atoms with van der Waals surface area (Å²) < 4.78 is 27.3. The van der Waals surface area contributed by atoms with E-state index >= 15 is 0 Å². The van der Waals surface area contributed by atoms with E-state index in [4.69, 9.17) is 0 Å². The van der Waals surface area contributed by atoms with Gasteiger partial charge in [-0.3, -0.25) is 0 Å². The molecule has 112 valence electrons. The van der Waals surface area contributed by atoms with Crippen LogP contribution in [0.15, 0.2) is 16.6 Å². The van der Waals surface area contributed by atoms with Crippen molar-refractivity contribution in [1.82, 2.24) is 5.32 Å². The second kappa shape index (κ2) is 6.99. The molecule has 0 spiro atoms. The molecule has 1 aliphatic rings. The van der Waals surface area contributed by atoms with Crippen LogP contribution in [0.4, 0.5) is 8.78 Å². The maximum absolute atomic E-state index is 13.8. The van der Waals surface area contributed by atoms with Crippen LogP contribution in [0.2, 0.25) is 0 Å². The summed E-state index contributed by atoms with van der Waals surface area (Å²) in [6, 6.07) is 3.02. The molecule has 2 rings (SSSR count). The zero-order valence-electron chi connectivity index (χ0n) is 12.1. The molecule has 1 saturated carbocycles. The summed E-state index contributed by atoms with van der Waals surface area (Å²) in [4.78, 5) is 0. The number of hydrogen-bond acceptors (Lipinski definition) is 1. The molecule has 1 fully saturated rings. The van der Waals surface area contributed by atoms with Gasteiger partial charge in [-0.05, 0) is 58.8 Å². The summed E-state index contributed by atoms with van der Waals surface area (Å²) in [5.74, 6) is -0.388. The maximum atomic E-state index is 13.8. The van der Waals surface area contributed by atoms with Gasteiger partial charge in [-0.2, -0.15) is 0 Å².